The molecule has 0 heterocycles. The van der Waals surface area contributed by atoms with Gasteiger partial charge in [0.25, 0.3) is 5.91 Å². The number of nitrogens with one attached hydrogen (secondary N) is 1. The van der Waals surface area contributed by atoms with Gasteiger partial charge in [0, 0.05) is 5.02 Å². The largest absolute Gasteiger partial charge is 0.506 e. The molecule has 6 heteroatoms. The van der Waals surface area contributed by atoms with Crippen LogP contribution in [0.3, 0.4) is 0 Å². The van der Waals surface area contributed by atoms with Gasteiger partial charge in [0.05, 0.1) is 9.13 Å². The zero-order chi connectivity index (χ0) is 10.0. The van der Waals surface area contributed by atoms with Gasteiger partial charge in [-0.15, -0.1) is 0 Å². The molecule has 0 aliphatic carbocycles. The Hall–Kier alpha value is -0.530. The molecule has 1 rings (SSSR count). The summed E-state index contributed by atoms with van der Waals surface area (Å²) >= 11 is 7.47. The van der Waals surface area contributed by atoms with Crippen LogP contribution in [-0.2, 0) is 0 Å². The van der Waals surface area contributed by atoms with E-state index >= 15 is 0 Å². The lowest BCUT2D eigenvalue weighted by Gasteiger charge is -2.04. The second-order valence-corrected chi connectivity index (χ2v) is 3.82. The molecule has 0 spiro atoms. The highest BCUT2D eigenvalue weighted by Crippen LogP contribution is 2.28. The molecule has 70 valence electrons. The average Bonchev–Trinajstić information content (AvgIpc) is 2.10. The number of carbonyl (C=O) groups is 1. The number of carbonyl (C=O) groups excluding carboxylic acids is 1. The number of hydrogen-bond donors (Lipinski definition) is 3. The molecule has 3 N–H and O–H groups in total. The third-order valence-corrected chi connectivity index (χ3v) is 2.41. The monoisotopic (exact) mass is 313 g/mol. The number of hydroxylamine groups is 1. The predicted molar refractivity (Wildman–Crippen MR) is 55.1 cm³/mol. The Labute approximate surface area is 92.6 Å². The highest BCUT2D eigenvalue weighted by Gasteiger charge is 2.13. The smallest absolute Gasteiger partial charge is 0.278 e. The van der Waals surface area contributed by atoms with Crippen LogP contribution in [0.1, 0.15) is 10.4 Å². The summed E-state index contributed by atoms with van der Waals surface area (Å²) in [5, 5.41) is 18.0. The van der Waals surface area contributed by atoms with Crippen molar-refractivity contribution in [1.82, 2.24) is 5.48 Å². The highest BCUT2D eigenvalue weighted by molar-refractivity contribution is 14.1. The first-order chi connectivity index (χ1) is 6.06. The minimum atomic E-state index is -0.794. The van der Waals surface area contributed by atoms with Gasteiger partial charge in [-0.1, -0.05) is 11.6 Å². The van der Waals surface area contributed by atoms with Crippen LogP contribution in [0.5, 0.6) is 5.75 Å². The van der Waals surface area contributed by atoms with E-state index in [-0.39, 0.29) is 11.3 Å². The standard InChI is InChI=1S/C7H5ClINO3/c8-3-1-4(7(12)10-13)6(11)5(9)2-3/h1-2,11,13H,(H,10,12). The van der Waals surface area contributed by atoms with Gasteiger partial charge in [0.2, 0.25) is 0 Å². The predicted octanol–water partition coefficient (Wildman–Crippen LogP) is 1.77. The molecule has 0 saturated heterocycles. The molecule has 0 radical (unpaired) electrons. The SMILES string of the molecule is O=C(NO)c1cc(Cl)cc(I)c1O. The van der Waals surface area contributed by atoms with Gasteiger partial charge in [-0.05, 0) is 34.7 Å². The van der Waals surface area contributed by atoms with Crippen LogP contribution in [0.4, 0.5) is 0 Å². The average molecular weight is 313 g/mol. The maximum absolute atomic E-state index is 11.0. The Kier molecular flexibility index (Phi) is 3.34. The topological polar surface area (TPSA) is 69.6 Å². The third-order valence-electron chi connectivity index (χ3n) is 1.37. The molecular formula is C7H5ClINO3. The summed E-state index contributed by atoms with van der Waals surface area (Å²) < 4.78 is 0.448. The normalized spacial score (nSPS) is 9.77. The number of amides is 1. The molecule has 0 saturated carbocycles. The maximum atomic E-state index is 11.0. The zero-order valence-corrected chi connectivity index (χ0v) is 9.13. The highest BCUT2D eigenvalue weighted by atomic mass is 127. The number of benzene rings is 1. The second-order valence-electron chi connectivity index (χ2n) is 2.22. The molecule has 1 amide bonds. The van der Waals surface area contributed by atoms with Crippen LogP contribution in [0.25, 0.3) is 0 Å². The fraction of sp³-hybridized carbons (Fsp3) is 0. The van der Waals surface area contributed by atoms with Crippen molar-refractivity contribution < 1.29 is 15.1 Å². The summed E-state index contributed by atoms with van der Waals surface area (Å²) in [6.07, 6.45) is 0. The Balaban J connectivity index is 3.28. The lowest BCUT2D eigenvalue weighted by atomic mass is 10.2. The van der Waals surface area contributed by atoms with Crippen molar-refractivity contribution in [3.05, 3.63) is 26.3 Å². The first-order valence-electron chi connectivity index (χ1n) is 3.18. The van der Waals surface area contributed by atoms with Crippen LogP contribution in [0.15, 0.2) is 12.1 Å². The van der Waals surface area contributed by atoms with Crippen molar-refractivity contribution in [2.24, 2.45) is 0 Å². The summed E-state index contributed by atoms with van der Waals surface area (Å²) in [6, 6.07) is 2.77. The number of hydrogen-bond acceptors (Lipinski definition) is 3. The first kappa shape index (κ1) is 10.6. The van der Waals surface area contributed by atoms with Crippen molar-refractivity contribution in [3.63, 3.8) is 0 Å². The van der Waals surface area contributed by atoms with Crippen molar-refractivity contribution in [1.29, 1.82) is 0 Å². The van der Waals surface area contributed by atoms with E-state index in [0.717, 1.165) is 0 Å². The minimum absolute atomic E-state index is 0.0561. The van der Waals surface area contributed by atoms with E-state index in [4.69, 9.17) is 16.8 Å². The molecule has 1 aromatic rings. The van der Waals surface area contributed by atoms with Crippen LogP contribution in [0.2, 0.25) is 5.02 Å². The van der Waals surface area contributed by atoms with E-state index in [0.29, 0.717) is 8.59 Å². The summed E-state index contributed by atoms with van der Waals surface area (Å²) in [5.74, 6) is -0.991. The second kappa shape index (κ2) is 4.12. The molecule has 4 nitrogen and oxygen atoms in total. The molecule has 1 aromatic carbocycles. The van der Waals surface area contributed by atoms with Crippen LogP contribution >= 0.6 is 34.2 Å². The van der Waals surface area contributed by atoms with E-state index in [1.807, 2.05) is 22.6 Å². The van der Waals surface area contributed by atoms with E-state index in [1.54, 1.807) is 0 Å². The van der Waals surface area contributed by atoms with E-state index in [9.17, 15) is 9.90 Å². The minimum Gasteiger partial charge on any atom is -0.506 e. The van der Waals surface area contributed by atoms with Gasteiger partial charge >= 0.3 is 0 Å². The van der Waals surface area contributed by atoms with Crippen molar-refractivity contribution >= 4 is 40.1 Å². The Morgan fingerprint density at radius 3 is 2.69 bits per heavy atom. The van der Waals surface area contributed by atoms with Crippen LogP contribution in [0, 0.1) is 3.57 Å². The fourth-order valence-electron chi connectivity index (χ4n) is 0.799. The van der Waals surface area contributed by atoms with Crippen LogP contribution in [-0.4, -0.2) is 16.2 Å². The number of phenolic OH excluding ortho intramolecular Hbond substituents is 1. The lowest BCUT2D eigenvalue weighted by molar-refractivity contribution is 0.0703. The summed E-state index contributed by atoms with van der Waals surface area (Å²) in [7, 11) is 0. The Morgan fingerprint density at radius 2 is 2.15 bits per heavy atom. The first-order valence-corrected chi connectivity index (χ1v) is 4.64. The van der Waals surface area contributed by atoms with Crippen molar-refractivity contribution in [2.75, 3.05) is 0 Å². The maximum Gasteiger partial charge on any atom is 0.278 e. The molecule has 0 aliphatic heterocycles. The van der Waals surface area contributed by atoms with Gasteiger partial charge in [0.1, 0.15) is 5.75 Å². The molecule has 0 unspecified atom stereocenters. The Morgan fingerprint density at radius 1 is 1.54 bits per heavy atom. The summed E-state index contributed by atoms with van der Waals surface area (Å²) in [6.45, 7) is 0. The third kappa shape index (κ3) is 2.23. The number of rotatable bonds is 1. The molecular weight excluding hydrogens is 308 g/mol. The molecule has 0 aliphatic rings. The van der Waals surface area contributed by atoms with Gasteiger partial charge in [-0.2, -0.15) is 0 Å². The number of phenols is 1. The van der Waals surface area contributed by atoms with Crippen LogP contribution < -0.4 is 5.48 Å². The Bertz CT molecular complexity index is 356. The molecule has 0 atom stereocenters. The van der Waals surface area contributed by atoms with Gasteiger partial charge in [0.15, 0.2) is 0 Å². The number of aromatic hydroxyl groups is 1. The molecule has 13 heavy (non-hydrogen) atoms. The lowest BCUT2D eigenvalue weighted by Crippen LogP contribution is -2.18. The quantitative estimate of drug-likeness (QED) is 0.420. The molecule has 0 aromatic heterocycles. The van der Waals surface area contributed by atoms with E-state index in [1.165, 1.54) is 17.6 Å². The number of halogens is 2. The molecule has 0 fully saturated rings. The molecule has 0 bridgehead atoms. The summed E-state index contributed by atoms with van der Waals surface area (Å²) in [4.78, 5) is 11.0. The van der Waals surface area contributed by atoms with Gasteiger partial charge in [-0.3, -0.25) is 10.0 Å². The summed E-state index contributed by atoms with van der Waals surface area (Å²) in [5.41, 5.74) is 1.36. The van der Waals surface area contributed by atoms with E-state index in [2.05, 4.69) is 0 Å². The van der Waals surface area contributed by atoms with Gasteiger partial charge in [-0.25, -0.2) is 5.48 Å². The van der Waals surface area contributed by atoms with Crippen molar-refractivity contribution in [3.8, 4) is 5.75 Å². The van der Waals surface area contributed by atoms with Gasteiger partial charge < -0.3 is 5.11 Å². The zero-order valence-electron chi connectivity index (χ0n) is 6.21. The van der Waals surface area contributed by atoms with E-state index < -0.39 is 5.91 Å². The fourth-order valence-corrected chi connectivity index (χ4v) is 1.83. The van der Waals surface area contributed by atoms with Crippen molar-refractivity contribution in [2.45, 2.75) is 0 Å².